The molecule has 0 saturated carbocycles. The van der Waals surface area contributed by atoms with E-state index in [9.17, 15) is 4.79 Å². The molecule has 0 fully saturated rings. The number of aliphatic carboxylic acids is 1. The van der Waals surface area contributed by atoms with Crippen LogP contribution in [0.4, 0.5) is 0 Å². The van der Waals surface area contributed by atoms with Crippen molar-refractivity contribution in [1.82, 2.24) is 0 Å². The molecule has 52 valence electrons. The largest absolute Gasteiger partial charge is 0.481 e. The number of nitrogens with two attached hydrogens (primary N) is 1. The summed E-state index contributed by atoms with van der Waals surface area (Å²) in [6, 6.07) is -1.82. The lowest BCUT2D eigenvalue weighted by atomic mass is 10.2. The van der Waals surface area contributed by atoms with Gasteiger partial charge in [0.15, 0.2) is 0 Å². The second-order valence-electron chi connectivity index (χ2n) is 1.44. The first-order chi connectivity index (χ1) is 6.18. The minimum atomic E-state index is -2.54. The van der Waals surface area contributed by atoms with Crippen molar-refractivity contribution in [2.45, 2.75) is 18.8 Å². The van der Waals surface area contributed by atoms with Crippen molar-refractivity contribution in [3.8, 4) is 0 Å². The SMILES string of the molecule is [2H]C(C(N)CC([2H])([2H])C(=O)O)=[13C]([2H])[2H]. The van der Waals surface area contributed by atoms with E-state index in [4.69, 9.17) is 17.7 Å². The molecule has 0 radical (unpaired) electrons. The molecular formula is C6H11NO2. The van der Waals surface area contributed by atoms with Crippen LogP contribution in [0.3, 0.4) is 0 Å². The molecule has 0 bridgehead atoms. The standard InChI is InChI=1S/C6H11NO2/c1-2-5(7)3-4-6(8)9/h2,5H,1,3-4,7H2,(H,8,9)/i1+1D2,2D,4D2. The molecule has 3 heteroatoms. The summed E-state index contributed by atoms with van der Waals surface area (Å²) in [5.41, 5.74) is 5.25. The molecule has 0 rings (SSSR count). The number of hydrogen-bond acceptors (Lipinski definition) is 2. The Morgan fingerprint density at radius 3 is 3.44 bits per heavy atom. The van der Waals surface area contributed by atoms with Gasteiger partial charge in [-0.25, -0.2) is 0 Å². The Labute approximate surface area is 61.2 Å². The Morgan fingerprint density at radius 1 is 2.33 bits per heavy atom. The van der Waals surface area contributed by atoms with E-state index in [2.05, 4.69) is 0 Å². The zero-order valence-corrected chi connectivity index (χ0v) is 4.72. The van der Waals surface area contributed by atoms with E-state index in [1.54, 1.807) is 0 Å². The molecule has 0 aliphatic carbocycles. The molecule has 0 amide bonds. The van der Waals surface area contributed by atoms with Gasteiger partial charge in [0.05, 0.1) is 4.11 Å². The van der Waals surface area contributed by atoms with Crippen LogP contribution in [-0.2, 0) is 4.79 Å². The molecule has 0 saturated heterocycles. The van der Waals surface area contributed by atoms with E-state index >= 15 is 0 Å². The number of carboxylic acids is 1. The number of carboxylic acid groups (broad SMARTS) is 1. The highest BCUT2D eigenvalue weighted by Gasteiger charge is 1.99. The third-order valence-corrected chi connectivity index (χ3v) is 0.659. The maximum Gasteiger partial charge on any atom is 0.303 e. The van der Waals surface area contributed by atoms with Crippen molar-refractivity contribution in [2.24, 2.45) is 5.73 Å². The van der Waals surface area contributed by atoms with Crippen LogP contribution in [-0.4, -0.2) is 17.1 Å². The van der Waals surface area contributed by atoms with Crippen molar-refractivity contribution in [1.29, 1.82) is 0 Å². The van der Waals surface area contributed by atoms with Gasteiger partial charge < -0.3 is 10.8 Å². The fraction of sp³-hybridized carbons (Fsp3) is 0.500. The summed E-state index contributed by atoms with van der Waals surface area (Å²) in [6.07, 6.45) is -3.16. The summed E-state index contributed by atoms with van der Waals surface area (Å²) < 4.78 is 34.6. The average molecular weight is 135 g/mol. The van der Waals surface area contributed by atoms with Crippen LogP contribution in [0.1, 0.15) is 19.6 Å². The van der Waals surface area contributed by atoms with Crippen LogP contribution in [0.25, 0.3) is 0 Å². The summed E-state index contributed by atoms with van der Waals surface area (Å²) in [7, 11) is 0. The molecule has 0 aromatic heterocycles. The minimum Gasteiger partial charge on any atom is -0.481 e. The van der Waals surface area contributed by atoms with Crippen molar-refractivity contribution in [2.75, 3.05) is 0 Å². The Morgan fingerprint density at radius 2 is 3.00 bits per heavy atom. The van der Waals surface area contributed by atoms with Gasteiger partial charge in [0.25, 0.3) is 0 Å². The van der Waals surface area contributed by atoms with Gasteiger partial charge in [0, 0.05) is 15.2 Å². The van der Waals surface area contributed by atoms with E-state index in [1.165, 1.54) is 0 Å². The quantitative estimate of drug-likeness (QED) is 0.432. The van der Waals surface area contributed by atoms with Crippen molar-refractivity contribution in [3.63, 3.8) is 0 Å². The topological polar surface area (TPSA) is 63.3 Å². The molecule has 0 heterocycles. The van der Waals surface area contributed by atoms with E-state index in [0.29, 0.717) is 0 Å². The fourth-order valence-electron chi connectivity index (χ4n) is 0.248. The molecule has 3 nitrogen and oxygen atoms in total. The highest BCUT2D eigenvalue weighted by atomic mass is 16.4. The molecule has 0 aliphatic rings. The van der Waals surface area contributed by atoms with Crippen LogP contribution in [0.15, 0.2) is 12.6 Å². The zero-order valence-electron chi connectivity index (χ0n) is 9.72. The normalized spacial score (nSPS) is 21.7. The number of hydrogen-bond donors (Lipinski definition) is 2. The van der Waals surface area contributed by atoms with Gasteiger partial charge >= 0.3 is 5.97 Å². The van der Waals surface area contributed by atoms with Crippen molar-refractivity contribution < 1.29 is 16.8 Å². The summed E-state index contributed by atoms with van der Waals surface area (Å²) in [6.45, 7) is -0.835. The van der Waals surface area contributed by atoms with E-state index in [-0.39, 0.29) is 0 Å². The predicted octanol–water partition coefficient (Wildman–Crippen LogP) is 0.364. The summed E-state index contributed by atoms with van der Waals surface area (Å²) in [5, 5.41) is 8.41. The molecule has 9 heavy (non-hydrogen) atoms. The van der Waals surface area contributed by atoms with E-state index in [0.717, 1.165) is 0 Å². The summed E-state index contributed by atoms with van der Waals surface area (Å²) in [5.74, 6) is -1.67. The molecule has 0 aliphatic heterocycles. The molecule has 1 unspecified atom stereocenters. The van der Waals surface area contributed by atoms with Gasteiger partial charge in [0.1, 0.15) is 0 Å². The zero-order chi connectivity index (χ0) is 11.5. The highest BCUT2D eigenvalue weighted by molar-refractivity contribution is 5.66. The molecule has 0 spiro atoms. The molecule has 0 aromatic rings. The lowest BCUT2D eigenvalue weighted by Crippen LogP contribution is -2.17. The third-order valence-electron chi connectivity index (χ3n) is 0.659. The number of rotatable bonds is 4. The van der Waals surface area contributed by atoms with Crippen LogP contribution in [0, 0.1) is 0 Å². The molecular weight excluding hydrogens is 119 g/mol. The lowest BCUT2D eigenvalue weighted by molar-refractivity contribution is -0.137. The fourth-order valence-corrected chi connectivity index (χ4v) is 0.248. The Bertz CT molecular complexity index is 261. The van der Waals surface area contributed by atoms with Crippen molar-refractivity contribution in [3.05, 3.63) is 12.6 Å². The second kappa shape index (κ2) is 4.09. The molecule has 1 atom stereocenters. The monoisotopic (exact) mass is 135 g/mol. The second-order valence-corrected chi connectivity index (χ2v) is 1.44. The van der Waals surface area contributed by atoms with Crippen LogP contribution in [0.2, 0.25) is 0 Å². The predicted molar refractivity (Wildman–Crippen MR) is 35.0 cm³/mol. The Balaban J connectivity index is 4.56. The van der Waals surface area contributed by atoms with Gasteiger partial charge in [-0.05, 0) is 6.42 Å². The van der Waals surface area contributed by atoms with Gasteiger partial charge in [-0.15, -0.1) is 6.53 Å². The van der Waals surface area contributed by atoms with Crippen LogP contribution in [0.5, 0.6) is 0 Å². The Kier molecular flexibility index (Phi) is 1.29. The van der Waals surface area contributed by atoms with Crippen LogP contribution >= 0.6 is 0 Å². The van der Waals surface area contributed by atoms with E-state index < -0.39 is 37.4 Å². The van der Waals surface area contributed by atoms with E-state index in [1.807, 2.05) is 0 Å². The third kappa shape index (κ3) is 5.03. The number of carbonyl (C=O) groups is 1. The maximum atomic E-state index is 10.3. The average Bonchev–Trinajstić information content (AvgIpc) is 2.01. The first-order valence-electron chi connectivity index (χ1n) is 4.81. The Hall–Kier alpha value is -0.830. The summed E-state index contributed by atoms with van der Waals surface area (Å²) >= 11 is 0. The summed E-state index contributed by atoms with van der Waals surface area (Å²) in [4.78, 5) is 10.3. The van der Waals surface area contributed by atoms with Gasteiger partial charge in [0.2, 0.25) is 0 Å². The molecule has 0 aromatic carbocycles. The van der Waals surface area contributed by atoms with Gasteiger partial charge in [-0.1, -0.05) is 6.05 Å². The smallest absolute Gasteiger partial charge is 0.303 e. The van der Waals surface area contributed by atoms with Crippen LogP contribution < -0.4 is 5.73 Å². The molecule has 3 N–H and O–H groups in total. The first kappa shape index (κ1) is 2.84. The van der Waals surface area contributed by atoms with Gasteiger partial charge in [-0.3, -0.25) is 4.79 Å². The first-order valence-corrected chi connectivity index (χ1v) is 2.31. The van der Waals surface area contributed by atoms with Crippen molar-refractivity contribution >= 4 is 5.97 Å². The minimum absolute atomic E-state index is 0.574. The highest BCUT2D eigenvalue weighted by Crippen LogP contribution is 1.93. The maximum absolute atomic E-state index is 10.3. The van der Waals surface area contributed by atoms with Gasteiger partial charge in [-0.2, -0.15) is 0 Å². The lowest BCUT2D eigenvalue weighted by Gasteiger charge is -2.00.